The Hall–Kier alpha value is -5.02. The van der Waals surface area contributed by atoms with E-state index in [1.807, 2.05) is 24.3 Å². The molecule has 1 fully saturated rings. The zero-order chi connectivity index (χ0) is 39.1. The predicted molar refractivity (Wildman–Crippen MR) is 210 cm³/mol. The second-order valence-corrected chi connectivity index (χ2v) is 16.4. The van der Waals surface area contributed by atoms with Crippen LogP contribution in [-0.2, 0) is 42.6 Å². The van der Waals surface area contributed by atoms with Gasteiger partial charge in [0, 0.05) is 18.6 Å². The number of methoxy groups -OCH3 is 2. The minimum absolute atomic E-state index is 0.0198. The lowest BCUT2D eigenvalue weighted by Gasteiger charge is -2.32. The maximum absolute atomic E-state index is 13.3. The number of sulfonamides is 2. The van der Waals surface area contributed by atoms with E-state index in [-0.39, 0.29) is 25.4 Å². The molecule has 54 heavy (non-hydrogen) atoms. The Morgan fingerprint density at radius 2 is 1.15 bits per heavy atom. The highest BCUT2D eigenvalue weighted by Gasteiger charge is 2.26. The summed E-state index contributed by atoms with van der Waals surface area (Å²) in [7, 11) is -4.57. The molecule has 5 rings (SSSR count). The number of piperidine rings is 1. The van der Waals surface area contributed by atoms with Crippen molar-refractivity contribution in [1.29, 1.82) is 0 Å². The highest BCUT2D eigenvalue weighted by Crippen LogP contribution is 2.24. The number of para-hydroxylation sites is 2. The predicted octanol–water partition coefficient (Wildman–Crippen LogP) is 5.47. The minimum atomic E-state index is -3.64. The first-order valence-corrected chi connectivity index (χ1v) is 20.5. The number of likely N-dealkylation sites (tertiary alicyclic amines) is 1. The van der Waals surface area contributed by atoms with Gasteiger partial charge in [-0.3, -0.25) is 8.61 Å². The van der Waals surface area contributed by atoms with E-state index in [9.17, 15) is 31.5 Å². The Kier molecular flexibility index (Phi) is 15.4. The maximum Gasteiger partial charge on any atom is 0.337 e. The number of aliphatic hydroxyl groups excluding tert-OH is 1. The largest absolute Gasteiger partial charge is 0.465 e. The van der Waals surface area contributed by atoms with Gasteiger partial charge >= 0.3 is 11.9 Å². The van der Waals surface area contributed by atoms with Gasteiger partial charge in [-0.1, -0.05) is 67.2 Å². The molecule has 0 amide bonds. The van der Waals surface area contributed by atoms with Crippen molar-refractivity contribution >= 4 is 43.4 Å². The van der Waals surface area contributed by atoms with Gasteiger partial charge < -0.3 is 19.5 Å². The van der Waals surface area contributed by atoms with Crippen molar-refractivity contribution in [3.63, 3.8) is 0 Å². The molecule has 0 saturated carbocycles. The van der Waals surface area contributed by atoms with Crippen LogP contribution in [0.5, 0.6) is 0 Å². The van der Waals surface area contributed by atoms with Crippen molar-refractivity contribution in [2.75, 3.05) is 54.8 Å². The number of carbonyl (C=O) groups is 2. The van der Waals surface area contributed by atoms with Crippen LogP contribution < -0.4 is 8.61 Å². The number of aliphatic hydroxyl groups is 1. The fourth-order valence-corrected chi connectivity index (χ4v) is 8.19. The van der Waals surface area contributed by atoms with Crippen LogP contribution in [0.15, 0.2) is 121 Å². The van der Waals surface area contributed by atoms with E-state index in [0.29, 0.717) is 35.0 Å². The summed E-state index contributed by atoms with van der Waals surface area (Å²) in [4.78, 5) is 25.2. The zero-order valence-corrected chi connectivity index (χ0v) is 32.1. The van der Waals surface area contributed by atoms with E-state index in [1.54, 1.807) is 84.9 Å². The molecule has 4 aromatic rings. The lowest BCUT2D eigenvalue weighted by atomic mass is 9.98. The molecule has 0 aliphatic carbocycles. The van der Waals surface area contributed by atoms with E-state index in [1.165, 1.54) is 22.8 Å². The van der Waals surface area contributed by atoms with Crippen LogP contribution >= 0.6 is 0 Å². The number of rotatable bonds is 15. The fourth-order valence-electron chi connectivity index (χ4n) is 5.76. The van der Waals surface area contributed by atoms with Crippen molar-refractivity contribution in [1.82, 2.24) is 4.90 Å². The van der Waals surface area contributed by atoms with Gasteiger partial charge in [-0.15, -0.1) is 0 Å². The lowest BCUT2D eigenvalue weighted by Crippen LogP contribution is -2.41. The normalized spacial score (nSPS) is 13.5. The van der Waals surface area contributed by atoms with E-state index in [0.717, 1.165) is 42.5 Å². The summed E-state index contributed by atoms with van der Waals surface area (Å²) < 4.78 is 63.2. The quantitative estimate of drug-likeness (QED) is 0.154. The first-order chi connectivity index (χ1) is 25.9. The van der Waals surface area contributed by atoms with Crippen LogP contribution in [0.25, 0.3) is 0 Å². The van der Waals surface area contributed by atoms with Crippen molar-refractivity contribution in [3.05, 3.63) is 143 Å². The fraction of sp³-hybridized carbons (Fsp3) is 0.300. The van der Waals surface area contributed by atoms with Crippen LogP contribution in [0, 0.1) is 5.92 Å². The lowest BCUT2D eigenvalue weighted by molar-refractivity contribution is 0.0592. The molecule has 1 saturated heterocycles. The summed E-state index contributed by atoms with van der Waals surface area (Å²) in [5.41, 5.74) is 3.51. The standard InChI is InChI=1S/C23H30N2O5S.C17H17NO4S/c1-30-23(27)21-9-7-19(8-10-21)17-25(22-5-3-2-4-6-22)31(28,29)16-15-24-13-11-20(18-26)12-14-24;1-3-23(20,21)18(16-7-5-4-6-8-16)13-14-9-11-15(12-10-14)17(19)22-2/h2-10,20,26H,11-18H2,1H3;3-12H,1,13H2,2H3. The van der Waals surface area contributed by atoms with Crippen molar-refractivity contribution in [2.45, 2.75) is 25.9 Å². The van der Waals surface area contributed by atoms with Gasteiger partial charge in [0.1, 0.15) is 0 Å². The second-order valence-electron chi connectivity index (χ2n) is 12.6. The third kappa shape index (κ3) is 11.7. The minimum Gasteiger partial charge on any atom is -0.465 e. The van der Waals surface area contributed by atoms with Crippen molar-refractivity contribution < 1.29 is 41.0 Å². The number of carbonyl (C=O) groups excluding carboxylic acids is 2. The summed E-state index contributed by atoms with van der Waals surface area (Å²) in [6, 6.07) is 31.2. The van der Waals surface area contributed by atoms with Gasteiger partial charge in [0.05, 0.1) is 55.6 Å². The average molecular weight is 778 g/mol. The molecule has 14 heteroatoms. The van der Waals surface area contributed by atoms with Crippen LogP contribution in [0.2, 0.25) is 0 Å². The molecule has 0 radical (unpaired) electrons. The zero-order valence-electron chi connectivity index (χ0n) is 30.5. The molecule has 0 spiro atoms. The Labute approximate surface area is 318 Å². The molecule has 1 aliphatic rings. The third-order valence-corrected chi connectivity index (χ3v) is 12.1. The first kappa shape index (κ1) is 41.7. The maximum atomic E-state index is 13.3. The summed E-state index contributed by atoms with van der Waals surface area (Å²) in [5, 5.41) is 10.2. The van der Waals surface area contributed by atoms with Crippen molar-refractivity contribution in [2.24, 2.45) is 5.92 Å². The Balaban J connectivity index is 0.000000252. The van der Waals surface area contributed by atoms with Crippen LogP contribution in [0.1, 0.15) is 44.7 Å². The molecular weight excluding hydrogens is 731 g/mol. The van der Waals surface area contributed by atoms with Gasteiger partial charge in [0.2, 0.25) is 10.0 Å². The van der Waals surface area contributed by atoms with E-state index in [4.69, 9.17) is 4.74 Å². The number of esters is 2. The summed E-state index contributed by atoms with van der Waals surface area (Å²) in [6.07, 6.45) is 1.79. The highest BCUT2D eigenvalue weighted by atomic mass is 32.2. The summed E-state index contributed by atoms with van der Waals surface area (Å²) in [5.74, 6) is -0.521. The molecule has 0 aromatic heterocycles. The smallest absolute Gasteiger partial charge is 0.337 e. The monoisotopic (exact) mass is 777 g/mol. The molecular formula is C40H47N3O9S2. The average Bonchev–Trinajstić information content (AvgIpc) is 3.22. The molecule has 1 N–H and O–H groups in total. The Morgan fingerprint density at radius 3 is 1.56 bits per heavy atom. The van der Waals surface area contributed by atoms with Gasteiger partial charge in [0.15, 0.2) is 0 Å². The van der Waals surface area contributed by atoms with E-state index < -0.39 is 32.0 Å². The number of ether oxygens (including phenoxy) is 2. The molecule has 12 nitrogen and oxygen atoms in total. The SMILES string of the molecule is C=CS(=O)(=O)N(Cc1ccc(C(=O)OC)cc1)c1ccccc1.COC(=O)c1ccc(CN(c2ccccc2)S(=O)(=O)CCN2CCC(CO)CC2)cc1. The topological polar surface area (TPSA) is 151 Å². The molecule has 4 aromatic carbocycles. The molecule has 0 atom stereocenters. The molecule has 1 heterocycles. The van der Waals surface area contributed by atoms with Gasteiger partial charge in [-0.25, -0.2) is 26.4 Å². The highest BCUT2D eigenvalue weighted by molar-refractivity contribution is 7.95. The number of nitrogens with zero attached hydrogens (tertiary/aromatic N) is 3. The molecule has 0 bridgehead atoms. The first-order valence-electron chi connectivity index (χ1n) is 17.3. The number of hydrogen-bond acceptors (Lipinski definition) is 10. The Morgan fingerprint density at radius 1 is 0.722 bits per heavy atom. The number of hydrogen-bond donors (Lipinski definition) is 1. The van der Waals surface area contributed by atoms with E-state index >= 15 is 0 Å². The van der Waals surface area contributed by atoms with Crippen LogP contribution in [0.4, 0.5) is 11.4 Å². The molecule has 1 aliphatic heterocycles. The number of anilines is 2. The van der Waals surface area contributed by atoms with Crippen LogP contribution in [0.3, 0.4) is 0 Å². The third-order valence-electron chi connectivity index (χ3n) is 8.98. The summed E-state index contributed by atoms with van der Waals surface area (Å²) >= 11 is 0. The number of benzene rings is 4. The van der Waals surface area contributed by atoms with Gasteiger partial charge in [-0.2, -0.15) is 0 Å². The van der Waals surface area contributed by atoms with Gasteiger partial charge in [0.25, 0.3) is 10.0 Å². The van der Waals surface area contributed by atoms with Crippen LogP contribution in [-0.4, -0.2) is 85.0 Å². The van der Waals surface area contributed by atoms with E-state index in [2.05, 4.69) is 16.2 Å². The Bertz CT molecular complexity index is 2020. The van der Waals surface area contributed by atoms with Crippen molar-refractivity contribution in [3.8, 4) is 0 Å². The second kappa shape index (κ2) is 19.9. The summed E-state index contributed by atoms with van der Waals surface area (Å²) in [6.45, 7) is 5.97. The molecule has 0 unspecified atom stereocenters. The van der Waals surface area contributed by atoms with Gasteiger partial charge in [-0.05, 0) is 91.5 Å². The molecule has 288 valence electrons.